The van der Waals surface area contributed by atoms with Crippen LogP contribution < -0.4 is 0 Å². The molecule has 5 heterocycles. The minimum atomic E-state index is -1.13. The van der Waals surface area contributed by atoms with Gasteiger partial charge in [0.2, 0.25) is 0 Å². The van der Waals surface area contributed by atoms with Gasteiger partial charge in [0.25, 0.3) is 0 Å². The number of nitrogens with zero attached hydrogens (tertiary/aromatic N) is 2. The van der Waals surface area contributed by atoms with E-state index in [4.69, 9.17) is 28.9 Å². The molecular weight excluding hydrogens is 1310 g/mol. The molecular formula is C62H74Br4N4O12. The molecule has 2 unspecified atom stereocenters. The summed E-state index contributed by atoms with van der Waals surface area (Å²) in [6.07, 6.45) is 14.4. The number of hydrogen-bond acceptors (Lipinski definition) is 12. The van der Waals surface area contributed by atoms with Gasteiger partial charge in [0, 0.05) is 24.0 Å². The molecule has 442 valence electrons. The standard InChI is InChI=1S/C62H74Br4N4O12/c1-31-39(25-27-43(71)72)55-50(66)56-40(26-28-44(73)74)32(2)52(68-56)48(64)57-46(42(82-62(78)38-23-15-8-16-24-38)30-80-60(76)36-19-11-6-12-20-36)34(4)54(70-57)49(65)58-45(33(3)53(69-58)47(63)51(31)67-55)41(81-61(77)37-21-13-7-14-22-37)29-79-59(75)35-17-9-5-10-18-35/h35-38,41-42,68,70H,5-30H2,1-4H3,(H,71,72)(H,73,74). The van der Waals surface area contributed by atoms with Crippen LogP contribution in [0.25, 0.3) is 44.4 Å². The van der Waals surface area contributed by atoms with E-state index in [1.165, 1.54) is 0 Å². The van der Waals surface area contributed by atoms with Crippen molar-refractivity contribution in [3.05, 3.63) is 62.9 Å². The average Bonchev–Trinajstić information content (AvgIpc) is 3.01. The topological polar surface area (TPSA) is 237 Å². The van der Waals surface area contributed by atoms with Crippen molar-refractivity contribution in [1.29, 1.82) is 0 Å². The summed E-state index contributed by atoms with van der Waals surface area (Å²) < 4.78 is 27.5. The molecule has 20 heteroatoms. The number of aromatic nitrogens is 4. The van der Waals surface area contributed by atoms with E-state index >= 15 is 0 Å². The highest BCUT2D eigenvalue weighted by atomic mass is 79.9. The molecule has 4 saturated carbocycles. The van der Waals surface area contributed by atoms with E-state index in [0.29, 0.717) is 159 Å². The highest BCUT2D eigenvalue weighted by Crippen LogP contribution is 2.48. The maximum absolute atomic E-state index is 14.5. The monoisotopic (exact) mass is 1380 g/mol. The quantitative estimate of drug-likeness (QED) is 0.0685. The molecule has 3 aromatic heterocycles. The van der Waals surface area contributed by atoms with E-state index in [9.17, 15) is 39.0 Å². The molecule has 9 rings (SSSR count). The lowest BCUT2D eigenvalue weighted by Crippen LogP contribution is -2.32. The van der Waals surface area contributed by atoms with Crippen molar-refractivity contribution >= 4 is 144 Å². The van der Waals surface area contributed by atoms with Crippen molar-refractivity contribution in [3.63, 3.8) is 0 Å². The van der Waals surface area contributed by atoms with Gasteiger partial charge >= 0.3 is 35.8 Å². The van der Waals surface area contributed by atoms with Gasteiger partial charge in [0.05, 0.1) is 86.4 Å². The van der Waals surface area contributed by atoms with E-state index in [-0.39, 0.29) is 74.5 Å². The van der Waals surface area contributed by atoms with Crippen LogP contribution >= 0.6 is 63.7 Å². The third-order valence-electron chi connectivity index (χ3n) is 17.8. The highest BCUT2D eigenvalue weighted by molar-refractivity contribution is 9.11. The largest absolute Gasteiger partial charge is 0.481 e. The number of carbonyl (C=O) groups excluding carboxylic acids is 4. The van der Waals surface area contributed by atoms with E-state index in [2.05, 4.69) is 73.7 Å². The van der Waals surface area contributed by atoms with Crippen molar-refractivity contribution in [2.24, 2.45) is 23.7 Å². The molecule has 2 atom stereocenters. The Morgan fingerprint density at radius 1 is 0.476 bits per heavy atom. The van der Waals surface area contributed by atoms with Crippen molar-refractivity contribution < 1.29 is 57.9 Å². The first-order valence-corrected chi connectivity index (χ1v) is 32.6. The van der Waals surface area contributed by atoms with Gasteiger partial charge in [0.15, 0.2) is 12.2 Å². The van der Waals surface area contributed by atoms with Crippen LogP contribution in [0.4, 0.5) is 0 Å². The second-order valence-corrected chi connectivity index (χ2v) is 26.3. The lowest BCUT2D eigenvalue weighted by molar-refractivity contribution is -0.166. The van der Waals surface area contributed by atoms with Crippen molar-refractivity contribution in [2.45, 2.75) is 194 Å². The van der Waals surface area contributed by atoms with Crippen LogP contribution in [0.3, 0.4) is 0 Å². The molecule has 3 aromatic rings. The maximum atomic E-state index is 14.5. The zero-order valence-electron chi connectivity index (χ0n) is 47.2. The molecule has 0 saturated heterocycles. The molecule has 6 aliphatic rings. The SMILES string of the molecule is CC1=C(CCC(=O)O)c2nc1c(Br)c1nc(c(Br)c3[nH]c(c(C(COC(=O)C4CCCCC4)OC(=O)C4CCCCC4)c3C)c(Br)c3[nH]c(c2Br)c(CCC(=O)O)c3C)C(C(COC(=O)C2CCCCC2)OC(=O)C2CCCCC2)=C1C. The molecule has 82 heavy (non-hydrogen) atoms. The Kier molecular flexibility index (Phi) is 20.8. The van der Waals surface area contributed by atoms with Gasteiger partial charge in [0.1, 0.15) is 13.2 Å². The first-order valence-electron chi connectivity index (χ1n) is 29.4. The van der Waals surface area contributed by atoms with Gasteiger partial charge in [-0.2, -0.15) is 0 Å². The van der Waals surface area contributed by atoms with Crippen LogP contribution in [0.1, 0.15) is 213 Å². The van der Waals surface area contributed by atoms with Crippen LogP contribution in [0.5, 0.6) is 0 Å². The second kappa shape index (κ2) is 27.6. The number of ether oxygens (including phenoxy) is 4. The zero-order chi connectivity index (χ0) is 58.5. The normalized spacial score (nSPS) is 18.5. The number of fused-ring (bicyclic) bond motifs is 8. The summed E-state index contributed by atoms with van der Waals surface area (Å²) in [6, 6.07) is 0. The zero-order valence-corrected chi connectivity index (χ0v) is 53.6. The van der Waals surface area contributed by atoms with Crippen LogP contribution in [-0.2, 0) is 54.1 Å². The number of carbonyl (C=O) groups is 6. The summed E-state index contributed by atoms with van der Waals surface area (Å²) in [5.41, 5.74) is 8.52. The Labute approximate surface area is 512 Å². The van der Waals surface area contributed by atoms with E-state index < -0.39 is 36.1 Å². The molecule has 0 aromatic carbocycles. The van der Waals surface area contributed by atoms with Crippen molar-refractivity contribution in [2.75, 3.05) is 13.2 Å². The number of allylic oxidation sites excluding steroid dienone is 3. The summed E-state index contributed by atoms with van der Waals surface area (Å²) in [4.78, 5) is 99.6. The minimum absolute atomic E-state index is 0.0976. The lowest BCUT2D eigenvalue weighted by atomic mass is 9.89. The lowest BCUT2D eigenvalue weighted by Gasteiger charge is -2.26. The van der Waals surface area contributed by atoms with Crippen LogP contribution in [0.2, 0.25) is 0 Å². The second-order valence-electron chi connectivity index (χ2n) is 23.1. The van der Waals surface area contributed by atoms with Crippen LogP contribution in [0, 0.1) is 37.5 Å². The van der Waals surface area contributed by atoms with Gasteiger partial charge in [-0.25, -0.2) is 9.97 Å². The summed E-state index contributed by atoms with van der Waals surface area (Å²) in [5.74, 6) is -4.76. The van der Waals surface area contributed by atoms with Crippen LogP contribution in [0.15, 0.2) is 17.9 Å². The fraction of sp³-hybridized carbons (Fsp3) is 0.581. The number of aryl methyl sites for hydroxylation is 3. The number of carboxylic acid groups (broad SMARTS) is 2. The molecule has 4 N–H and O–H groups in total. The number of aliphatic carboxylic acids is 2. The summed E-state index contributed by atoms with van der Waals surface area (Å²) in [6.45, 7) is 6.95. The number of nitrogens with one attached hydrogen (secondary N) is 2. The molecule has 2 aliphatic heterocycles. The smallest absolute Gasteiger partial charge is 0.309 e. The number of rotatable bonds is 18. The van der Waals surface area contributed by atoms with Gasteiger partial charge in [-0.1, -0.05) is 77.0 Å². The molecule has 16 nitrogen and oxygen atoms in total. The third-order valence-corrected chi connectivity index (χ3v) is 20.9. The summed E-state index contributed by atoms with van der Waals surface area (Å²) in [7, 11) is 0. The van der Waals surface area contributed by atoms with Gasteiger partial charge in [-0.15, -0.1) is 0 Å². The molecule has 0 amide bonds. The van der Waals surface area contributed by atoms with Crippen LogP contribution in [-0.4, -0.2) is 85.3 Å². The Morgan fingerprint density at radius 2 is 0.890 bits per heavy atom. The van der Waals surface area contributed by atoms with E-state index in [1.54, 1.807) is 0 Å². The van der Waals surface area contributed by atoms with Crippen molar-refractivity contribution in [3.8, 4) is 0 Å². The average molecular weight is 1390 g/mol. The number of aromatic amines is 2. The summed E-state index contributed by atoms with van der Waals surface area (Å²) >= 11 is 15.9. The first-order chi connectivity index (χ1) is 39.3. The minimum Gasteiger partial charge on any atom is -0.481 e. The Bertz CT molecular complexity index is 3250. The van der Waals surface area contributed by atoms with Gasteiger partial charge in [-0.3, -0.25) is 28.8 Å². The molecule has 4 fully saturated rings. The fourth-order valence-corrected chi connectivity index (χ4v) is 15.9. The predicted octanol–water partition coefficient (Wildman–Crippen LogP) is 15.6. The third kappa shape index (κ3) is 13.5. The number of hydrogen-bond donors (Lipinski definition) is 4. The maximum Gasteiger partial charge on any atom is 0.309 e. The first kappa shape index (κ1) is 61.9. The van der Waals surface area contributed by atoms with E-state index in [1.807, 2.05) is 27.7 Å². The fourth-order valence-electron chi connectivity index (χ4n) is 13.0. The Morgan fingerprint density at radius 3 is 1.40 bits per heavy atom. The number of halogens is 4. The Balaban J connectivity index is 1.36. The molecule has 8 bridgehead atoms. The van der Waals surface area contributed by atoms with E-state index in [0.717, 1.165) is 77.0 Å². The predicted molar refractivity (Wildman–Crippen MR) is 326 cm³/mol. The number of esters is 4. The van der Waals surface area contributed by atoms with Crippen molar-refractivity contribution in [1.82, 2.24) is 19.9 Å². The molecule has 4 aliphatic carbocycles. The molecule has 0 radical (unpaired) electrons. The summed E-state index contributed by atoms with van der Waals surface area (Å²) in [5, 5.41) is 20.2. The Hall–Kier alpha value is -4.66. The number of H-pyrrole nitrogens is 2. The van der Waals surface area contributed by atoms with Gasteiger partial charge < -0.3 is 39.1 Å². The highest BCUT2D eigenvalue weighted by Gasteiger charge is 2.38. The number of carboxylic acids is 2. The molecule has 0 spiro atoms. The van der Waals surface area contributed by atoms with Gasteiger partial charge in [-0.05, 0) is 189 Å².